The van der Waals surface area contributed by atoms with Crippen molar-refractivity contribution < 1.29 is 26.4 Å². The topological polar surface area (TPSA) is 66.5 Å². The van der Waals surface area contributed by atoms with Crippen LogP contribution >= 0.6 is 0 Å². The average Bonchev–Trinajstić information content (AvgIpc) is 3.04. The van der Waals surface area contributed by atoms with Crippen molar-refractivity contribution in [2.45, 2.75) is 50.7 Å². The number of nitrogens with one attached hydrogen (secondary N) is 1. The number of halogens is 3. The lowest BCUT2D eigenvalue weighted by atomic mass is 10.0. The number of rotatable bonds is 6. The molecule has 5 nitrogen and oxygen atoms in total. The predicted molar refractivity (Wildman–Crippen MR) is 111 cm³/mol. The largest absolute Gasteiger partial charge is 0.416 e. The summed E-state index contributed by atoms with van der Waals surface area (Å²) in [5, 5.41) is 0. The zero-order valence-corrected chi connectivity index (χ0v) is 18.4. The molecule has 0 saturated carbocycles. The molecule has 1 unspecified atom stereocenters. The number of alkyl halides is 3. The molecule has 1 saturated heterocycles. The van der Waals surface area contributed by atoms with E-state index >= 15 is 0 Å². The summed E-state index contributed by atoms with van der Waals surface area (Å²) in [5.41, 5.74) is 1.28. The SMILES string of the molecule is Cc1cc(C)c(S(=O)(=O)NC(CN2CCCC2=O)c2cccc(C(F)(F)F)c2)c(C)c1. The molecule has 9 heteroatoms. The molecule has 1 heterocycles. The van der Waals surface area contributed by atoms with E-state index in [0.717, 1.165) is 17.7 Å². The van der Waals surface area contributed by atoms with Gasteiger partial charge in [-0.2, -0.15) is 13.2 Å². The van der Waals surface area contributed by atoms with Gasteiger partial charge < -0.3 is 4.90 Å². The van der Waals surface area contributed by atoms with Gasteiger partial charge in [0.15, 0.2) is 0 Å². The summed E-state index contributed by atoms with van der Waals surface area (Å²) in [5.74, 6) is -0.140. The summed E-state index contributed by atoms with van der Waals surface area (Å²) in [4.78, 5) is 13.7. The Kier molecular flexibility index (Phi) is 6.48. The fraction of sp³-hybridized carbons (Fsp3) is 0.409. The number of hydrogen-bond acceptors (Lipinski definition) is 3. The maximum Gasteiger partial charge on any atom is 0.416 e. The molecule has 1 aliphatic rings. The zero-order valence-electron chi connectivity index (χ0n) is 17.6. The molecule has 1 aliphatic heterocycles. The predicted octanol–water partition coefficient (Wildman–Crippen LogP) is 4.27. The highest BCUT2D eigenvalue weighted by Crippen LogP contribution is 2.32. The Balaban J connectivity index is 2.02. The Labute approximate surface area is 180 Å². The van der Waals surface area contributed by atoms with Crippen LogP contribution in [-0.2, 0) is 21.0 Å². The fourth-order valence-electron chi connectivity index (χ4n) is 4.10. The van der Waals surface area contributed by atoms with E-state index in [1.807, 2.05) is 6.92 Å². The van der Waals surface area contributed by atoms with E-state index < -0.39 is 27.8 Å². The van der Waals surface area contributed by atoms with E-state index in [4.69, 9.17) is 0 Å². The van der Waals surface area contributed by atoms with Gasteiger partial charge in [0.1, 0.15) is 0 Å². The highest BCUT2D eigenvalue weighted by atomic mass is 32.2. The maximum atomic E-state index is 13.3. The van der Waals surface area contributed by atoms with Crippen molar-refractivity contribution >= 4 is 15.9 Å². The molecule has 1 amide bonds. The Morgan fingerprint density at radius 2 is 1.74 bits per heavy atom. The van der Waals surface area contributed by atoms with Gasteiger partial charge in [-0.05, 0) is 56.0 Å². The summed E-state index contributed by atoms with van der Waals surface area (Å²) in [6.45, 7) is 5.62. The van der Waals surface area contributed by atoms with Crippen molar-refractivity contribution in [2.24, 2.45) is 0 Å². The van der Waals surface area contributed by atoms with Gasteiger partial charge in [-0.15, -0.1) is 0 Å². The second-order valence-electron chi connectivity index (χ2n) is 7.97. The minimum absolute atomic E-state index is 0.0384. The second-order valence-corrected chi connectivity index (χ2v) is 9.62. The molecule has 3 rings (SSSR count). The van der Waals surface area contributed by atoms with E-state index in [0.29, 0.717) is 30.5 Å². The first-order valence-electron chi connectivity index (χ1n) is 9.93. The number of nitrogens with zero attached hydrogens (tertiary/aromatic N) is 1. The van der Waals surface area contributed by atoms with Crippen LogP contribution in [0.3, 0.4) is 0 Å². The molecule has 1 N–H and O–H groups in total. The van der Waals surface area contributed by atoms with Crippen LogP contribution in [0.5, 0.6) is 0 Å². The quantitative estimate of drug-likeness (QED) is 0.709. The van der Waals surface area contributed by atoms with Crippen LogP contribution in [0.1, 0.15) is 46.7 Å². The fourth-order valence-corrected chi connectivity index (χ4v) is 5.77. The Morgan fingerprint density at radius 1 is 1.10 bits per heavy atom. The van der Waals surface area contributed by atoms with Gasteiger partial charge in [-0.1, -0.05) is 29.8 Å². The summed E-state index contributed by atoms with van der Waals surface area (Å²) >= 11 is 0. The highest BCUT2D eigenvalue weighted by molar-refractivity contribution is 7.89. The van der Waals surface area contributed by atoms with Crippen molar-refractivity contribution in [2.75, 3.05) is 13.1 Å². The Morgan fingerprint density at radius 3 is 2.29 bits per heavy atom. The first kappa shape index (κ1) is 23.3. The smallest absolute Gasteiger partial charge is 0.341 e. The lowest BCUT2D eigenvalue weighted by molar-refractivity contribution is -0.137. The van der Waals surface area contributed by atoms with Gasteiger partial charge >= 0.3 is 6.18 Å². The second kappa shape index (κ2) is 8.63. The van der Waals surface area contributed by atoms with E-state index in [1.54, 1.807) is 26.0 Å². The third-order valence-electron chi connectivity index (χ3n) is 5.36. The number of likely N-dealkylation sites (tertiary alicyclic amines) is 1. The van der Waals surface area contributed by atoms with Gasteiger partial charge in [-0.25, -0.2) is 13.1 Å². The summed E-state index contributed by atoms with van der Waals surface area (Å²) in [6.07, 6.45) is -3.58. The van der Waals surface area contributed by atoms with Crippen molar-refractivity contribution in [3.63, 3.8) is 0 Å². The van der Waals surface area contributed by atoms with Gasteiger partial charge in [-0.3, -0.25) is 4.79 Å². The van der Waals surface area contributed by atoms with Crippen LogP contribution in [0, 0.1) is 20.8 Å². The van der Waals surface area contributed by atoms with Crippen LogP contribution < -0.4 is 4.72 Å². The third-order valence-corrected chi connectivity index (χ3v) is 7.14. The van der Waals surface area contributed by atoms with Gasteiger partial charge in [0.05, 0.1) is 16.5 Å². The van der Waals surface area contributed by atoms with E-state index in [-0.39, 0.29) is 22.9 Å². The lowest BCUT2D eigenvalue weighted by Gasteiger charge is -2.26. The van der Waals surface area contributed by atoms with Gasteiger partial charge in [0.2, 0.25) is 15.9 Å². The molecule has 0 aromatic heterocycles. The van der Waals surface area contributed by atoms with Gasteiger partial charge in [0, 0.05) is 19.5 Å². The molecule has 2 aromatic rings. The molecule has 0 spiro atoms. The third kappa shape index (κ3) is 5.27. The van der Waals surface area contributed by atoms with Crippen LogP contribution in [0.2, 0.25) is 0 Å². The monoisotopic (exact) mass is 454 g/mol. The molecule has 2 aromatic carbocycles. The minimum Gasteiger partial charge on any atom is -0.341 e. The van der Waals surface area contributed by atoms with Crippen molar-refractivity contribution in [3.05, 3.63) is 64.2 Å². The Hall–Kier alpha value is -2.39. The first-order chi connectivity index (χ1) is 14.4. The minimum atomic E-state index is -4.56. The number of benzene rings is 2. The molecular formula is C22H25F3N2O3S. The normalized spacial score (nSPS) is 16.1. The van der Waals surface area contributed by atoms with E-state index in [2.05, 4.69) is 4.72 Å². The summed E-state index contributed by atoms with van der Waals surface area (Å²) < 4.78 is 68.8. The van der Waals surface area contributed by atoms with Crippen molar-refractivity contribution in [1.82, 2.24) is 9.62 Å². The van der Waals surface area contributed by atoms with Crippen LogP contribution in [0.15, 0.2) is 41.3 Å². The first-order valence-corrected chi connectivity index (χ1v) is 11.4. The standard InChI is InChI=1S/C22H25F3N2O3S/c1-14-10-15(2)21(16(3)11-14)31(29,30)26-19(13-27-9-5-8-20(27)28)17-6-4-7-18(12-17)22(23,24)25/h4,6-7,10-12,19,26H,5,8-9,13H2,1-3H3. The molecule has 0 bridgehead atoms. The zero-order chi connectivity index (χ0) is 23.0. The molecule has 1 atom stereocenters. The molecule has 0 radical (unpaired) electrons. The Bertz CT molecular complexity index is 1070. The lowest BCUT2D eigenvalue weighted by Crippen LogP contribution is -2.39. The van der Waals surface area contributed by atoms with Crippen molar-refractivity contribution in [3.8, 4) is 0 Å². The van der Waals surface area contributed by atoms with E-state index in [1.165, 1.54) is 17.0 Å². The number of hydrogen-bond donors (Lipinski definition) is 1. The molecule has 168 valence electrons. The number of aryl methyl sites for hydroxylation is 3. The highest BCUT2D eigenvalue weighted by Gasteiger charge is 2.33. The van der Waals surface area contributed by atoms with Crippen LogP contribution in [-0.4, -0.2) is 32.3 Å². The summed E-state index contributed by atoms with van der Waals surface area (Å²) in [7, 11) is -4.06. The summed E-state index contributed by atoms with van der Waals surface area (Å²) in [6, 6.07) is 7.02. The van der Waals surface area contributed by atoms with Crippen LogP contribution in [0.4, 0.5) is 13.2 Å². The van der Waals surface area contributed by atoms with Crippen molar-refractivity contribution in [1.29, 1.82) is 0 Å². The molecule has 0 aliphatic carbocycles. The average molecular weight is 455 g/mol. The van der Waals surface area contributed by atoms with Gasteiger partial charge in [0.25, 0.3) is 0 Å². The number of amides is 1. The van der Waals surface area contributed by atoms with Crippen LogP contribution in [0.25, 0.3) is 0 Å². The molecule has 1 fully saturated rings. The molecule has 31 heavy (non-hydrogen) atoms. The maximum absolute atomic E-state index is 13.3. The van der Waals surface area contributed by atoms with E-state index in [9.17, 15) is 26.4 Å². The molecular weight excluding hydrogens is 429 g/mol. The number of carbonyl (C=O) groups excluding carboxylic acids is 1. The number of carbonyl (C=O) groups is 1. The number of sulfonamides is 1.